The van der Waals surface area contributed by atoms with Gasteiger partial charge in [0.2, 0.25) is 0 Å². The molecule has 0 aliphatic heterocycles. The average molecular weight is 309 g/mol. The Balaban J connectivity index is 1.98. The molecule has 3 saturated carbocycles. The Hall–Kier alpha value is -0.0800. The van der Waals surface area contributed by atoms with E-state index in [2.05, 4.69) is 34.6 Å². The van der Waals surface area contributed by atoms with Gasteiger partial charge in [0.25, 0.3) is 0 Å². The monoisotopic (exact) mass is 308 g/mol. The number of hydrogen-bond donors (Lipinski definition) is 2. The normalized spacial score (nSPS) is 51.3. The van der Waals surface area contributed by atoms with Crippen LogP contribution in [0.15, 0.2) is 0 Å². The second-order valence-electron chi connectivity index (χ2n) is 9.83. The molecule has 22 heavy (non-hydrogen) atoms. The highest BCUT2D eigenvalue weighted by Crippen LogP contribution is 2.65. The van der Waals surface area contributed by atoms with Crippen molar-refractivity contribution in [3.8, 4) is 0 Å². The Morgan fingerprint density at radius 1 is 0.909 bits per heavy atom. The van der Waals surface area contributed by atoms with E-state index in [1.54, 1.807) is 0 Å². The largest absolute Gasteiger partial charge is 0.390 e. The first-order valence-electron chi connectivity index (χ1n) is 9.54. The molecule has 0 heterocycles. The molecule has 0 spiro atoms. The van der Waals surface area contributed by atoms with Gasteiger partial charge in [0.15, 0.2) is 0 Å². The lowest BCUT2D eigenvalue weighted by atomic mass is 9.42. The molecule has 3 fully saturated rings. The Morgan fingerprint density at radius 3 is 2.18 bits per heavy atom. The molecule has 3 rings (SSSR count). The third-order valence-electron chi connectivity index (χ3n) is 8.18. The zero-order valence-electron chi connectivity index (χ0n) is 15.2. The summed E-state index contributed by atoms with van der Waals surface area (Å²) < 4.78 is 0. The number of hydrogen-bond acceptors (Lipinski definition) is 2. The molecule has 0 amide bonds. The van der Waals surface area contributed by atoms with Gasteiger partial charge in [-0.15, -0.1) is 0 Å². The molecule has 2 nitrogen and oxygen atoms in total. The zero-order chi connectivity index (χ0) is 16.3. The molecular weight excluding hydrogens is 272 g/mol. The molecule has 0 aromatic heterocycles. The van der Waals surface area contributed by atoms with E-state index in [1.165, 1.54) is 25.7 Å². The summed E-state index contributed by atoms with van der Waals surface area (Å²) in [5, 5.41) is 22.0. The summed E-state index contributed by atoms with van der Waals surface area (Å²) in [5.41, 5.74) is -0.0872. The van der Waals surface area contributed by atoms with Gasteiger partial charge in [0, 0.05) is 0 Å². The van der Waals surface area contributed by atoms with Crippen LogP contribution in [0.25, 0.3) is 0 Å². The predicted molar refractivity (Wildman–Crippen MR) is 90.5 cm³/mol. The van der Waals surface area contributed by atoms with Gasteiger partial charge in [0.1, 0.15) is 0 Å². The Bertz CT molecular complexity index is 429. The van der Waals surface area contributed by atoms with Crippen molar-refractivity contribution >= 4 is 0 Å². The second-order valence-corrected chi connectivity index (χ2v) is 9.83. The molecule has 0 unspecified atom stereocenters. The molecule has 6 atom stereocenters. The average Bonchev–Trinajstić information content (AvgIpc) is 2.41. The molecule has 0 saturated heterocycles. The van der Waals surface area contributed by atoms with Crippen LogP contribution in [0.5, 0.6) is 0 Å². The van der Waals surface area contributed by atoms with Crippen LogP contribution < -0.4 is 0 Å². The molecule has 0 radical (unpaired) electrons. The van der Waals surface area contributed by atoms with E-state index in [9.17, 15) is 10.2 Å². The molecule has 0 bridgehead atoms. The maximum atomic E-state index is 11.4. The van der Waals surface area contributed by atoms with Gasteiger partial charge in [-0.25, -0.2) is 0 Å². The van der Waals surface area contributed by atoms with Gasteiger partial charge in [-0.05, 0) is 73.0 Å². The Labute approximate surface area is 136 Å². The van der Waals surface area contributed by atoms with Gasteiger partial charge in [0.05, 0.1) is 11.7 Å². The number of fused-ring (bicyclic) bond motifs is 3. The quantitative estimate of drug-likeness (QED) is 0.754. The van der Waals surface area contributed by atoms with Crippen LogP contribution in [-0.2, 0) is 0 Å². The van der Waals surface area contributed by atoms with Crippen LogP contribution in [0.4, 0.5) is 0 Å². The Morgan fingerprint density at radius 2 is 1.55 bits per heavy atom. The SMILES string of the molecule is CC(C)[C@@]1(O)[C@@H]2CC[C@H]3C(C)(C)CCC[C@]3(C)[C@H]2CC[C@@H]1O. The van der Waals surface area contributed by atoms with E-state index in [0.29, 0.717) is 16.7 Å². The first-order chi connectivity index (χ1) is 10.1. The van der Waals surface area contributed by atoms with E-state index in [0.717, 1.165) is 25.2 Å². The third kappa shape index (κ3) is 2.13. The summed E-state index contributed by atoms with van der Waals surface area (Å²) in [7, 11) is 0. The van der Waals surface area contributed by atoms with Gasteiger partial charge in [-0.2, -0.15) is 0 Å². The van der Waals surface area contributed by atoms with E-state index in [4.69, 9.17) is 0 Å². The van der Waals surface area contributed by atoms with Crippen LogP contribution >= 0.6 is 0 Å². The minimum Gasteiger partial charge on any atom is -0.390 e. The van der Waals surface area contributed by atoms with Crippen molar-refractivity contribution in [3.63, 3.8) is 0 Å². The van der Waals surface area contributed by atoms with Crippen molar-refractivity contribution in [2.45, 2.75) is 91.3 Å². The number of rotatable bonds is 1. The Kier molecular flexibility index (Phi) is 3.97. The van der Waals surface area contributed by atoms with Crippen LogP contribution in [0.2, 0.25) is 0 Å². The standard InChI is InChI=1S/C20H36O2/c1-13(2)20(22)15-7-9-16-18(3,4)11-6-12-19(16,5)14(15)8-10-17(20)21/h13-17,21-22H,6-12H2,1-5H3/t14-,15+,16-,17-,19+,20+/m0/s1. The summed E-state index contributed by atoms with van der Waals surface area (Å²) in [6, 6.07) is 0. The third-order valence-corrected chi connectivity index (χ3v) is 8.18. The lowest BCUT2D eigenvalue weighted by Gasteiger charge is -2.64. The highest BCUT2D eigenvalue weighted by molar-refractivity contribution is 5.11. The topological polar surface area (TPSA) is 40.5 Å². The summed E-state index contributed by atoms with van der Waals surface area (Å²) >= 11 is 0. The highest BCUT2D eigenvalue weighted by atomic mass is 16.3. The van der Waals surface area contributed by atoms with Crippen molar-refractivity contribution in [3.05, 3.63) is 0 Å². The van der Waals surface area contributed by atoms with Crippen LogP contribution in [0.1, 0.15) is 79.6 Å². The number of aliphatic hydroxyl groups is 2. The molecule has 3 aliphatic rings. The van der Waals surface area contributed by atoms with E-state index < -0.39 is 11.7 Å². The minimum absolute atomic E-state index is 0.132. The fraction of sp³-hybridized carbons (Fsp3) is 1.00. The van der Waals surface area contributed by atoms with Crippen LogP contribution in [0, 0.1) is 34.5 Å². The van der Waals surface area contributed by atoms with Gasteiger partial charge in [-0.3, -0.25) is 0 Å². The van der Waals surface area contributed by atoms with E-state index >= 15 is 0 Å². The molecule has 0 aromatic rings. The lowest BCUT2D eigenvalue weighted by Crippen LogP contribution is -2.64. The van der Waals surface area contributed by atoms with Crippen molar-refractivity contribution in [1.29, 1.82) is 0 Å². The van der Waals surface area contributed by atoms with Gasteiger partial charge in [-0.1, -0.05) is 41.0 Å². The summed E-state index contributed by atoms with van der Waals surface area (Å²) in [4.78, 5) is 0. The molecule has 2 heteroatoms. The number of aliphatic hydroxyl groups excluding tert-OH is 1. The molecule has 128 valence electrons. The second kappa shape index (κ2) is 5.21. The summed E-state index contributed by atoms with van der Waals surface area (Å²) in [6.45, 7) is 11.6. The van der Waals surface area contributed by atoms with Crippen molar-refractivity contribution in [2.24, 2.45) is 34.5 Å². The molecular formula is C20H36O2. The van der Waals surface area contributed by atoms with Crippen molar-refractivity contribution < 1.29 is 10.2 Å². The summed E-state index contributed by atoms with van der Waals surface area (Å²) in [6.07, 6.45) is 7.65. The maximum Gasteiger partial charge on any atom is 0.0958 e. The minimum atomic E-state index is -0.877. The van der Waals surface area contributed by atoms with Gasteiger partial charge >= 0.3 is 0 Å². The fourth-order valence-corrected chi connectivity index (χ4v) is 7.05. The van der Waals surface area contributed by atoms with Crippen LogP contribution in [-0.4, -0.2) is 21.9 Å². The first-order valence-corrected chi connectivity index (χ1v) is 9.54. The zero-order valence-corrected chi connectivity index (χ0v) is 15.2. The van der Waals surface area contributed by atoms with Crippen molar-refractivity contribution in [1.82, 2.24) is 0 Å². The van der Waals surface area contributed by atoms with Crippen molar-refractivity contribution in [2.75, 3.05) is 0 Å². The lowest BCUT2D eigenvalue weighted by molar-refractivity contribution is -0.229. The van der Waals surface area contributed by atoms with Gasteiger partial charge < -0.3 is 10.2 Å². The fourth-order valence-electron chi connectivity index (χ4n) is 7.05. The first kappa shape index (κ1) is 16.8. The molecule has 2 N–H and O–H groups in total. The highest BCUT2D eigenvalue weighted by Gasteiger charge is 2.62. The smallest absolute Gasteiger partial charge is 0.0958 e. The molecule has 0 aromatic carbocycles. The predicted octanol–water partition coefficient (Wildman–Crippen LogP) is 4.39. The van der Waals surface area contributed by atoms with E-state index in [-0.39, 0.29) is 11.8 Å². The maximum absolute atomic E-state index is 11.4. The summed E-state index contributed by atoms with van der Waals surface area (Å²) in [5.74, 6) is 1.78. The van der Waals surface area contributed by atoms with Crippen LogP contribution in [0.3, 0.4) is 0 Å². The van der Waals surface area contributed by atoms with E-state index in [1.807, 2.05) is 0 Å². The molecule has 3 aliphatic carbocycles.